The second-order valence-corrected chi connectivity index (χ2v) is 7.84. The maximum absolute atomic E-state index is 5.39. The smallest absolute Gasteiger partial charge is 0.322 e. The third kappa shape index (κ3) is 4.40. The van der Waals surface area contributed by atoms with Crippen LogP contribution in [-0.2, 0) is 0 Å². The molecule has 0 spiro atoms. The highest BCUT2D eigenvalue weighted by Crippen LogP contribution is 2.23. The minimum Gasteiger partial charge on any atom is -0.467 e. The molecule has 2 fully saturated rings. The Morgan fingerprint density at radius 3 is 2.07 bits per heavy atom. The van der Waals surface area contributed by atoms with Crippen molar-refractivity contribution in [2.75, 3.05) is 61.1 Å². The van der Waals surface area contributed by atoms with Crippen molar-refractivity contribution in [1.29, 1.82) is 0 Å². The zero-order valence-electron chi connectivity index (χ0n) is 15.9. The molecule has 0 unspecified atom stereocenters. The van der Waals surface area contributed by atoms with E-state index in [1.54, 1.807) is 18.4 Å². The van der Waals surface area contributed by atoms with E-state index in [-0.39, 0.29) is 0 Å². The Labute approximate surface area is 164 Å². The first-order valence-electron chi connectivity index (χ1n) is 9.78. The van der Waals surface area contributed by atoms with E-state index in [2.05, 4.69) is 29.7 Å². The Morgan fingerprint density at radius 2 is 1.41 bits per heavy atom. The number of hydrogen-bond acceptors (Lipinski definition) is 9. The van der Waals surface area contributed by atoms with Crippen molar-refractivity contribution >= 4 is 28.4 Å². The van der Waals surface area contributed by atoms with E-state index in [9.17, 15) is 0 Å². The van der Waals surface area contributed by atoms with Crippen molar-refractivity contribution in [1.82, 2.24) is 19.9 Å². The monoisotopic (exact) mass is 389 g/mol. The molecule has 4 heterocycles. The van der Waals surface area contributed by atoms with E-state index < -0.39 is 0 Å². The second-order valence-electron chi connectivity index (χ2n) is 6.97. The summed E-state index contributed by atoms with van der Waals surface area (Å²) in [7, 11) is 1.62. The van der Waals surface area contributed by atoms with E-state index in [1.807, 2.05) is 11.6 Å². The van der Waals surface area contributed by atoms with Crippen LogP contribution in [0.3, 0.4) is 0 Å². The van der Waals surface area contributed by atoms with E-state index in [0.29, 0.717) is 6.01 Å². The standard InChI is InChI=1S/C18H27N7OS/c1-26-17-21-15(23-8-4-2-3-5-9-23)20-16(22-17)24-10-6-11-25(13-12-24)18-19-7-14-27-18/h7,14H,2-6,8-13H2,1H3. The van der Waals surface area contributed by atoms with Gasteiger partial charge in [-0.15, -0.1) is 11.3 Å². The molecule has 0 amide bonds. The SMILES string of the molecule is COc1nc(N2CCCCCC2)nc(N2CCCN(c3nccs3)CC2)n1. The van der Waals surface area contributed by atoms with Gasteiger partial charge in [-0.05, 0) is 19.3 Å². The Hall–Kier alpha value is -2.16. The minimum absolute atomic E-state index is 0.403. The highest BCUT2D eigenvalue weighted by Gasteiger charge is 2.22. The van der Waals surface area contributed by atoms with Crippen LogP contribution in [0.4, 0.5) is 17.0 Å². The number of hydrogen-bond donors (Lipinski definition) is 0. The van der Waals surface area contributed by atoms with E-state index >= 15 is 0 Å². The fraction of sp³-hybridized carbons (Fsp3) is 0.667. The van der Waals surface area contributed by atoms with Crippen molar-refractivity contribution in [2.24, 2.45) is 0 Å². The lowest BCUT2D eigenvalue weighted by Gasteiger charge is -2.24. The van der Waals surface area contributed by atoms with E-state index in [0.717, 1.165) is 62.7 Å². The Kier molecular flexibility index (Phi) is 5.86. The lowest BCUT2D eigenvalue weighted by molar-refractivity contribution is 0.377. The lowest BCUT2D eigenvalue weighted by Crippen LogP contribution is -2.33. The molecule has 0 aromatic carbocycles. The molecular weight excluding hydrogens is 362 g/mol. The summed E-state index contributed by atoms with van der Waals surface area (Å²) in [6.07, 6.45) is 7.86. The lowest BCUT2D eigenvalue weighted by atomic mass is 10.2. The number of aromatic nitrogens is 4. The zero-order chi connectivity index (χ0) is 18.5. The van der Waals surface area contributed by atoms with Crippen molar-refractivity contribution in [3.8, 4) is 6.01 Å². The summed E-state index contributed by atoms with van der Waals surface area (Å²) in [5.74, 6) is 1.47. The molecule has 0 saturated carbocycles. The van der Waals surface area contributed by atoms with Crippen molar-refractivity contribution < 1.29 is 4.74 Å². The topological polar surface area (TPSA) is 70.5 Å². The first-order valence-corrected chi connectivity index (χ1v) is 10.7. The van der Waals surface area contributed by atoms with Crippen LogP contribution < -0.4 is 19.4 Å². The molecule has 0 bridgehead atoms. The molecule has 146 valence electrons. The molecule has 0 radical (unpaired) electrons. The van der Waals surface area contributed by atoms with E-state index in [1.165, 1.54) is 25.7 Å². The van der Waals surface area contributed by atoms with Crippen LogP contribution in [0, 0.1) is 0 Å². The Balaban J connectivity index is 1.52. The van der Waals surface area contributed by atoms with Gasteiger partial charge in [0.15, 0.2) is 5.13 Å². The van der Waals surface area contributed by atoms with Crippen LogP contribution in [0.25, 0.3) is 0 Å². The van der Waals surface area contributed by atoms with Crippen molar-refractivity contribution in [2.45, 2.75) is 32.1 Å². The molecule has 9 heteroatoms. The summed E-state index contributed by atoms with van der Waals surface area (Å²) in [5, 5.41) is 3.12. The van der Waals surface area contributed by atoms with Gasteiger partial charge in [0.2, 0.25) is 11.9 Å². The minimum atomic E-state index is 0.403. The largest absolute Gasteiger partial charge is 0.467 e. The molecule has 0 atom stereocenters. The first kappa shape index (κ1) is 18.2. The van der Waals surface area contributed by atoms with Gasteiger partial charge in [-0.1, -0.05) is 12.8 Å². The predicted octanol–water partition coefficient (Wildman–Crippen LogP) is 2.43. The molecule has 2 aromatic rings. The summed E-state index contributed by atoms with van der Waals surface area (Å²) in [6, 6.07) is 0.403. The van der Waals surface area contributed by atoms with Gasteiger partial charge in [0.05, 0.1) is 7.11 Å². The quantitative estimate of drug-likeness (QED) is 0.790. The Morgan fingerprint density at radius 1 is 0.778 bits per heavy atom. The third-order valence-corrected chi connectivity index (χ3v) is 5.96. The van der Waals surface area contributed by atoms with Crippen LogP contribution in [-0.4, -0.2) is 66.3 Å². The van der Waals surface area contributed by atoms with Gasteiger partial charge in [-0.3, -0.25) is 0 Å². The van der Waals surface area contributed by atoms with Crippen LogP contribution in [0.15, 0.2) is 11.6 Å². The zero-order valence-corrected chi connectivity index (χ0v) is 16.7. The van der Waals surface area contributed by atoms with Gasteiger partial charge in [0, 0.05) is 50.8 Å². The number of ether oxygens (including phenoxy) is 1. The van der Waals surface area contributed by atoms with Gasteiger partial charge >= 0.3 is 6.01 Å². The molecule has 4 rings (SSSR count). The summed E-state index contributed by atoms with van der Waals surface area (Å²) in [4.78, 5) is 25.2. The fourth-order valence-corrected chi connectivity index (χ4v) is 4.36. The molecule has 0 aliphatic carbocycles. The molecule has 2 aliphatic heterocycles. The van der Waals surface area contributed by atoms with Gasteiger partial charge < -0.3 is 19.4 Å². The molecule has 27 heavy (non-hydrogen) atoms. The van der Waals surface area contributed by atoms with Crippen molar-refractivity contribution in [3.63, 3.8) is 0 Å². The summed E-state index contributed by atoms with van der Waals surface area (Å²) >= 11 is 1.69. The molecule has 2 aliphatic rings. The average molecular weight is 390 g/mol. The number of nitrogens with zero attached hydrogens (tertiary/aromatic N) is 7. The summed E-state index contributed by atoms with van der Waals surface area (Å²) < 4.78 is 5.39. The number of methoxy groups -OCH3 is 1. The molecule has 0 N–H and O–H groups in total. The van der Waals surface area contributed by atoms with Gasteiger partial charge in [0.1, 0.15) is 0 Å². The summed E-state index contributed by atoms with van der Waals surface area (Å²) in [6.45, 7) is 5.72. The normalized spacial score (nSPS) is 18.9. The van der Waals surface area contributed by atoms with E-state index in [4.69, 9.17) is 9.72 Å². The van der Waals surface area contributed by atoms with Crippen LogP contribution in [0.1, 0.15) is 32.1 Å². The molecule has 8 nitrogen and oxygen atoms in total. The van der Waals surface area contributed by atoms with Crippen molar-refractivity contribution in [3.05, 3.63) is 11.6 Å². The summed E-state index contributed by atoms with van der Waals surface area (Å²) in [5.41, 5.74) is 0. The van der Waals surface area contributed by atoms with Crippen LogP contribution >= 0.6 is 11.3 Å². The first-order chi connectivity index (χ1) is 13.3. The van der Waals surface area contributed by atoms with Crippen LogP contribution in [0.2, 0.25) is 0 Å². The second kappa shape index (κ2) is 8.69. The van der Waals surface area contributed by atoms with Gasteiger partial charge in [-0.2, -0.15) is 15.0 Å². The Bertz CT molecular complexity index is 719. The number of rotatable bonds is 4. The number of thiazole rings is 1. The average Bonchev–Trinajstić information content (AvgIpc) is 2.96. The third-order valence-electron chi connectivity index (χ3n) is 5.13. The maximum Gasteiger partial charge on any atom is 0.322 e. The predicted molar refractivity (Wildman–Crippen MR) is 108 cm³/mol. The highest BCUT2D eigenvalue weighted by molar-refractivity contribution is 7.13. The fourth-order valence-electron chi connectivity index (χ4n) is 3.66. The molecular formula is C18H27N7OS. The van der Waals surface area contributed by atoms with Crippen LogP contribution in [0.5, 0.6) is 6.01 Å². The van der Waals surface area contributed by atoms with Gasteiger partial charge in [-0.25, -0.2) is 4.98 Å². The maximum atomic E-state index is 5.39. The highest BCUT2D eigenvalue weighted by atomic mass is 32.1. The number of anilines is 3. The molecule has 2 aromatic heterocycles. The molecule has 2 saturated heterocycles. The van der Waals surface area contributed by atoms with Gasteiger partial charge in [0.25, 0.3) is 0 Å².